The largest absolute Gasteiger partial charge is 0.586 e. The van der Waals surface area contributed by atoms with Crippen molar-refractivity contribution in [2.45, 2.75) is 33.1 Å². The summed E-state index contributed by atoms with van der Waals surface area (Å²) in [6.45, 7) is 5.77. The number of nitrogens with one attached hydrogen (secondary N) is 1. The fourth-order valence-corrected chi connectivity index (χ4v) is 3.25. The molecule has 1 aliphatic heterocycles. The molecule has 8 heteroatoms. The molecule has 150 valence electrons. The van der Waals surface area contributed by atoms with Crippen molar-refractivity contribution in [3.05, 3.63) is 60.0 Å². The predicted octanol–water partition coefficient (Wildman–Crippen LogP) is 5.01. The van der Waals surface area contributed by atoms with Crippen LogP contribution in [-0.4, -0.2) is 21.8 Å². The molecule has 0 unspecified atom stereocenters. The first-order valence-corrected chi connectivity index (χ1v) is 9.08. The number of aromatic nitrogens is 2. The molecule has 0 saturated carbocycles. The molecule has 0 bridgehead atoms. The number of nitrogens with zero attached hydrogens (tertiary/aromatic N) is 2. The van der Waals surface area contributed by atoms with Gasteiger partial charge in [-0.05, 0) is 68.3 Å². The molecule has 4 rings (SSSR count). The molecule has 0 spiro atoms. The molecule has 0 aliphatic carbocycles. The Morgan fingerprint density at radius 2 is 1.90 bits per heavy atom. The van der Waals surface area contributed by atoms with Crippen LogP contribution < -0.4 is 14.8 Å². The van der Waals surface area contributed by atoms with Crippen molar-refractivity contribution < 1.29 is 23.0 Å². The molecule has 1 aliphatic rings. The SMILES string of the molecule is Cc1cc2c(cc1-c1ccc(NC(=O)c3cccn3C(C)C)nc1)OC(F)(F)O2. The average molecular weight is 399 g/mol. The number of hydrogen-bond donors (Lipinski definition) is 1. The van der Waals surface area contributed by atoms with Crippen LogP contribution in [0.15, 0.2) is 48.8 Å². The summed E-state index contributed by atoms with van der Waals surface area (Å²) in [7, 11) is 0. The first-order chi connectivity index (χ1) is 13.7. The number of benzene rings is 1. The summed E-state index contributed by atoms with van der Waals surface area (Å²) in [4.78, 5) is 16.8. The Bertz CT molecular complexity index is 1080. The van der Waals surface area contributed by atoms with Gasteiger partial charge in [0.05, 0.1) is 0 Å². The summed E-state index contributed by atoms with van der Waals surface area (Å²) in [5, 5.41) is 2.77. The molecular weight excluding hydrogens is 380 g/mol. The van der Waals surface area contributed by atoms with E-state index < -0.39 is 6.29 Å². The highest BCUT2D eigenvalue weighted by Gasteiger charge is 2.43. The van der Waals surface area contributed by atoms with Crippen LogP contribution >= 0.6 is 0 Å². The first-order valence-electron chi connectivity index (χ1n) is 9.08. The zero-order valence-corrected chi connectivity index (χ0v) is 16.1. The number of carbonyl (C=O) groups excluding carboxylic acids is 1. The molecule has 0 fully saturated rings. The van der Waals surface area contributed by atoms with Gasteiger partial charge in [0, 0.05) is 24.0 Å². The highest BCUT2D eigenvalue weighted by molar-refractivity contribution is 6.02. The second kappa shape index (κ2) is 6.88. The van der Waals surface area contributed by atoms with Crippen LogP contribution in [0.3, 0.4) is 0 Å². The van der Waals surface area contributed by atoms with Gasteiger partial charge in [-0.15, -0.1) is 8.78 Å². The van der Waals surface area contributed by atoms with Crippen molar-refractivity contribution in [1.29, 1.82) is 0 Å². The quantitative estimate of drug-likeness (QED) is 0.670. The van der Waals surface area contributed by atoms with Gasteiger partial charge in [0.15, 0.2) is 11.5 Å². The van der Waals surface area contributed by atoms with Crippen molar-refractivity contribution >= 4 is 11.7 Å². The van der Waals surface area contributed by atoms with Crippen LogP contribution in [0.4, 0.5) is 14.6 Å². The van der Waals surface area contributed by atoms with Crippen molar-refractivity contribution in [1.82, 2.24) is 9.55 Å². The van der Waals surface area contributed by atoms with E-state index in [1.54, 1.807) is 31.3 Å². The number of carbonyl (C=O) groups is 1. The average Bonchev–Trinajstić information content (AvgIpc) is 3.25. The standard InChI is InChI=1S/C21H19F2N3O3/c1-12(2)26-8-4-5-16(26)20(27)25-19-7-6-14(11-24-19)15-10-18-17(9-13(15)3)28-21(22,23)29-18/h4-12H,1-3H3,(H,24,25,27). The van der Waals surface area contributed by atoms with Crippen LogP contribution in [0.5, 0.6) is 11.5 Å². The zero-order valence-electron chi connectivity index (χ0n) is 16.1. The van der Waals surface area contributed by atoms with E-state index in [4.69, 9.17) is 0 Å². The lowest BCUT2D eigenvalue weighted by Gasteiger charge is -2.13. The van der Waals surface area contributed by atoms with Crippen molar-refractivity contribution in [3.63, 3.8) is 0 Å². The summed E-state index contributed by atoms with van der Waals surface area (Å²) >= 11 is 0. The fraction of sp³-hybridized carbons (Fsp3) is 0.238. The molecule has 3 heterocycles. The van der Waals surface area contributed by atoms with Gasteiger partial charge in [0.2, 0.25) is 0 Å². The van der Waals surface area contributed by atoms with Crippen LogP contribution in [0.25, 0.3) is 11.1 Å². The lowest BCUT2D eigenvalue weighted by molar-refractivity contribution is -0.286. The lowest BCUT2D eigenvalue weighted by atomic mass is 10.0. The van der Waals surface area contributed by atoms with Crippen molar-refractivity contribution in [2.75, 3.05) is 5.32 Å². The van der Waals surface area contributed by atoms with Gasteiger partial charge in [-0.2, -0.15) is 0 Å². The summed E-state index contributed by atoms with van der Waals surface area (Å²) in [5.74, 6) is 0.106. The molecule has 0 saturated heterocycles. The summed E-state index contributed by atoms with van der Waals surface area (Å²) in [5.41, 5.74) is 2.66. The van der Waals surface area contributed by atoms with Crippen LogP contribution in [0, 0.1) is 6.92 Å². The maximum Gasteiger partial charge on any atom is 0.586 e. The van der Waals surface area contributed by atoms with Gasteiger partial charge in [0.25, 0.3) is 5.91 Å². The molecule has 1 amide bonds. The molecule has 0 atom stereocenters. The molecule has 3 aromatic rings. The number of fused-ring (bicyclic) bond motifs is 1. The molecule has 6 nitrogen and oxygen atoms in total. The van der Waals surface area contributed by atoms with Gasteiger partial charge < -0.3 is 19.4 Å². The second-order valence-electron chi connectivity index (χ2n) is 7.06. The Morgan fingerprint density at radius 3 is 2.55 bits per heavy atom. The van der Waals surface area contributed by atoms with Crippen LogP contribution in [-0.2, 0) is 0 Å². The maximum atomic E-state index is 13.3. The van der Waals surface area contributed by atoms with Gasteiger partial charge >= 0.3 is 6.29 Å². The van der Waals surface area contributed by atoms with Crippen molar-refractivity contribution in [2.24, 2.45) is 0 Å². The third-order valence-electron chi connectivity index (χ3n) is 4.63. The number of amides is 1. The Hall–Kier alpha value is -3.42. The minimum Gasteiger partial charge on any atom is -0.395 e. The third kappa shape index (κ3) is 3.65. The van der Waals surface area contributed by atoms with Crippen molar-refractivity contribution in [3.8, 4) is 22.6 Å². The molecule has 2 aromatic heterocycles. The highest BCUT2D eigenvalue weighted by Crippen LogP contribution is 2.44. The lowest BCUT2D eigenvalue weighted by Crippen LogP contribution is -2.25. The monoisotopic (exact) mass is 399 g/mol. The number of anilines is 1. The highest BCUT2D eigenvalue weighted by atomic mass is 19.3. The molecule has 0 radical (unpaired) electrons. The minimum absolute atomic E-state index is 0.00115. The molecule has 1 aromatic carbocycles. The third-order valence-corrected chi connectivity index (χ3v) is 4.63. The van der Waals surface area contributed by atoms with Gasteiger partial charge in [-0.25, -0.2) is 4.98 Å². The molecule has 29 heavy (non-hydrogen) atoms. The number of rotatable bonds is 4. The van der Waals surface area contributed by atoms with E-state index in [0.717, 1.165) is 5.56 Å². The van der Waals surface area contributed by atoms with Gasteiger partial charge in [-0.3, -0.25) is 4.79 Å². The van der Waals surface area contributed by atoms with E-state index in [9.17, 15) is 13.6 Å². The van der Waals surface area contributed by atoms with Crippen LogP contribution in [0.2, 0.25) is 0 Å². The number of ether oxygens (including phenoxy) is 2. The first kappa shape index (κ1) is 18.9. The Labute approximate surface area is 166 Å². The topological polar surface area (TPSA) is 65.4 Å². The number of hydrogen-bond acceptors (Lipinski definition) is 4. The molecule has 1 N–H and O–H groups in total. The second-order valence-corrected chi connectivity index (χ2v) is 7.06. The Balaban J connectivity index is 1.55. The van der Waals surface area contributed by atoms with Gasteiger partial charge in [0.1, 0.15) is 11.5 Å². The normalized spacial score (nSPS) is 14.3. The van der Waals surface area contributed by atoms with Crippen LogP contribution in [0.1, 0.15) is 35.9 Å². The van der Waals surface area contributed by atoms with E-state index in [2.05, 4.69) is 19.8 Å². The Kier molecular flexibility index (Phi) is 4.49. The fourth-order valence-electron chi connectivity index (χ4n) is 3.25. The Morgan fingerprint density at radius 1 is 1.17 bits per heavy atom. The number of pyridine rings is 1. The number of aryl methyl sites for hydroxylation is 1. The van der Waals surface area contributed by atoms with E-state index in [0.29, 0.717) is 22.6 Å². The van der Waals surface area contributed by atoms with E-state index >= 15 is 0 Å². The van der Waals surface area contributed by atoms with E-state index in [1.807, 2.05) is 30.7 Å². The summed E-state index contributed by atoms with van der Waals surface area (Å²) < 4.78 is 37.4. The zero-order chi connectivity index (χ0) is 20.8. The molecular formula is C21H19F2N3O3. The van der Waals surface area contributed by atoms with E-state index in [-0.39, 0.29) is 23.4 Å². The van der Waals surface area contributed by atoms with Gasteiger partial charge in [-0.1, -0.05) is 0 Å². The maximum absolute atomic E-state index is 13.3. The minimum atomic E-state index is -3.66. The van der Waals surface area contributed by atoms with E-state index in [1.165, 1.54) is 12.1 Å². The summed E-state index contributed by atoms with van der Waals surface area (Å²) in [6.07, 6.45) is -0.241. The summed E-state index contributed by atoms with van der Waals surface area (Å²) in [6, 6.07) is 10.1. The smallest absolute Gasteiger partial charge is 0.395 e. The number of alkyl halides is 2. The predicted molar refractivity (Wildman–Crippen MR) is 103 cm³/mol. The number of halogens is 2.